The van der Waals surface area contributed by atoms with Gasteiger partial charge < -0.3 is 16.0 Å². The summed E-state index contributed by atoms with van der Waals surface area (Å²) in [7, 11) is 0. The highest BCUT2D eigenvalue weighted by Crippen LogP contribution is 2.40. The molecule has 4 nitrogen and oxygen atoms in total. The van der Waals surface area contributed by atoms with Crippen molar-refractivity contribution < 1.29 is 4.79 Å². The van der Waals surface area contributed by atoms with Crippen LogP contribution in [0.2, 0.25) is 5.02 Å². The number of nitrogens with one attached hydrogen (secondary N) is 1. The number of urea groups is 1. The number of benzene rings is 1. The second-order valence-corrected chi connectivity index (χ2v) is 6.59. The maximum atomic E-state index is 11.8. The van der Waals surface area contributed by atoms with Crippen molar-refractivity contribution in [2.24, 2.45) is 5.73 Å². The minimum absolute atomic E-state index is 0.0115. The molecular formula is C16H22ClN3O. The van der Waals surface area contributed by atoms with Crippen LogP contribution in [0.3, 0.4) is 0 Å². The van der Waals surface area contributed by atoms with Crippen molar-refractivity contribution in [3.8, 4) is 0 Å². The Morgan fingerprint density at radius 2 is 2.14 bits per heavy atom. The van der Waals surface area contributed by atoms with Crippen molar-refractivity contribution in [1.82, 2.24) is 10.2 Å². The molecule has 0 unspecified atom stereocenters. The Kier molecular flexibility index (Phi) is 4.09. The number of hydrogen-bond acceptors (Lipinski definition) is 2. The SMILES string of the molecule is NC[C@]1(c2cccc(Cl)c2)CC[C@@H](N2CCNC2=O)CC1. The number of carbonyl (C=O) groups is 1. The zero-order valence-electron chi connectivity index (χ0n) is 12.1. The zero-order chi connectivity index (χ0) is 14.9. The van der Waals surface area contributed by atoms with Gasteiger partial charge in [-0.15, -0.1) is 0 Å². The number of nitrogens with zero attached hydrogens (tertiary/aromatic N) is 1. The van der Waals surface area contributed by atoms with Crippen molar-refractivity contribution >= 4 is 17.6 Å². The first-order valence-corrected chi connectivity index (χ1v) is 8.03. The van der Waals surface area contributed by atoms with Gasteiger partial charge in [0.2, 0.25) is 0 Å². The first-order chi connectivity index (χ1) is 10.1. The van der Waals surface area contributed by atoms with Gasteiger partial charge in [-0.25, -0.2) is 4.79 Å². The molecule has 114 valence electrons. The minimum Gasteiger partial charge on any atom is -0.336 e. The molecule has 0 atom stereocenters. The summed E-state index contributed by atoms with van der Waals surface area (Å²) in [5.41, 5.74) is 7.36. The molecule has 1 aliphatic heterocycles. The molecule has 1 aliphatic carbocycles. The van der Waals surface area contributed by atoms with Crippen LogP contribution in [-0.2, 0) is 5.41 Å². The molecule has 21 heavy (non-hydrogen) atoms. The summed E-state index contributed by atoms with van der Waals surface area (Å²) in [5.74, 6) is 0. The van der Waals surface area contributed by atoms with E-state index in [1.165, 1.54) is 5.56 Å². The Morgan fingerprint density at radius 3 is 2.71 bits per heavy atom. The Bertz CT molecular complexity index is 526. The minimum atomic E-state index is 0.0115. The van der Waals surface area contributed by atoms with Gasteiger partial charge in [0, 0.05) is 36.1 Å². The van der Waals surface area contributed by atoms with Crippen molar-refractivity contribution in [2.75, 3.05) is 19.6 Å². The van der Waals surface area contributed by atoms with E-state index >= 15 is 0 Å². The lowest BCUT2D eigenvalue weighted by Gasteiger charge is -2.42. The molecular weight excluding hydrogens is 286 g/mol. The Morgan fingerprint density at radius 1 is 1.38 bits per heavy atom. The lowest BCUT2D eigenvalue weighted by molar-refractivity contribution is 0.154. The van der Waals surface area contributed by atoms with Crippen molar-refractivity contribution in [2.45, 2.75) is 37.1 Å². The van der Waals surface area contributed by atoms with E-state index in [0.29, 0.717) is 12.6 Å². The number of amides is 2. The number of nitrogens with two attached hydrogens (primary N) is 1. The van der Waals surface area contributed by atoms with E-state index in [2.05, 4.69) is 11.4 Å². The van der Waals surface area contributed by atoms with E-state index < -0.39 is 0 Å². The summed E-state index contributed by atoms with van der Waals surface area (Å²) in [6.07, 6.45) is 4.05. The van der Waals surface area contributed by atoms with Gasteiger partial charge in [-0.1, -0.05) is 23.7 Å². The number of carbonyl (C=O) groups excluding carboxylic acids is 1. The van der Waals surface area contributed by atoms with Gasteiger partial charge in [0.15, 0.2) is 0 Å². The van der Waals surface area contributed by atoms with Gasteiger partial charge in [-0.3, -0.25) is 0 Å². The fraction of sp³-hybridized carbons (Fsp3) is 0.562. The Labute approximate surface area is 130 Å². The molecule has 2 aliphatic rings. The average molecular weight is 308 g/mol. The maximum Gasteiger partial charge on any atom is 0.317 e. The van der Waals surface area contributed by atoms with Crippen LogP contribution in [0.15, 0.2) is 24.3 Å². The van der Waals surface area contributed by atoms with Gasteiger partial charge in [0.25, 0.3) is 0 Å². The Balaban J connectivity index is 1.74. The fourth-order valence-electron chi connectivity index (χ4n) is 3.73. The van der Waals surface area contributed by atoms with Gasteiger partial charge in [0.05, 0.1) is 0 Å². The smallest absolute Gasteiger partial charge is 0.317 e. The molecule has 1 aromatic rings. The Hall–Kier alpha value is -1.26. The van der Waals surface area contributed by atoms with Crippen LogP contribution in [0.1, 0.15) is 31.2 Å². The molecule has 2 fully saturated rings. The highest BCUT2D eigenvalue weighted by molar-refractivity contribution is 6.30. The van der Waals surface area contributed by atoms with Crippen LogP contribution >= 0.6 is 11.6 Å². The molecule has 1 saturated carbocycles. The van der Waals surface area contributed by atoms with E-state index in [4.69, 9.17) is 17.3 Å². The van der Waals surface area contributed by atoms with E-state index in [9.17, 15) is 4.79 Å². The van der Waals surface area contributed by atoms with Crippen LogP contribution in [0, 0.1) is 0 Å². The van der Waals surface area contributed by atoms with Crippen molar-refractivity contribution in [3.05, 3.63) is 34.9 Å². The third-order valence-corrected chi connectivity index (χ3v) is 5.31. The molecule has 0 spiro atoms. The predicted octanol–water partition coefficient (Wildman–Crippen LogP) is 2.50. The summed E-state index contributed by atoms with van der Waals surface area (Å²) in [5, 5.41) is 3.65. The van der Waals surface area contributed by atoms with Crippen LogP contribution in [0.4, 0.5) is 4.79 Å². The summed E-state index contributed by atoms with van der Waals surface area (Å²) in [6.45, 7) is 2.23. The molecule has 3 N–H and O–H groups in total. The maximum absolute atomic E-state index is 11.8. The third kappa shape index (κ3) is 2.74. The normalized spacial score (nSPS) is 29.5. The average Bonchev–Trinajstić information content (AvgIpc) is 2.93. The predicted molar refractivity (Wildman–Crippen MR) is 84.5 cm³/mol. The third-order valence-electron chi connectivity index (χ3n) is 5.07. The molecule has 0 bridgehead atoms. The van der Waals surface area contributed by atoms with Crippen molar-refractivity contribution in [3.63, 3.8) is 0 Å². The first kappa shape index (κ1) is 14.7. The topological polar surface area (TPSA) is 58.4 Å². The van der Waals surface area contributed by atoms with Gasteiger partial charge in [-0.05, 0) is 43.4 Å². The summed E-state index contributed by atoms with van der Waals surface area (Å²) in [4.78, 5) is 13.8. The quantitative estimate of drug-likeness (QED) is 0.901. The standard InChI is InChI=1S/C16H22ClN3O/c17-13-3-1-2-12(10-13)16(11-18)6-4-14(5-7-16)20-9-8-19-15(20)21/h1-3,10,14H,4-9,11,18H2,(H,19,21)/t14-,16+. The highest BCUT2D eigenvalue weighted by Gasteiger charge is 2.39. The molecule has 3 rings (SSSR count). The van der Waals surface area contributed by atoms with Crippen molar-refractivity contribution in [1.29, 1.82) is 0 Å². The fourth-order valence-corrected chi connectivity index (χ4v) is 3.92. The van der Waals surface area contributed by atoms with E-state index in [0.717, 1.165) is 43.8 Å². The molecule has 2 amide bonds. The molecule has 1 heterocycles. The molecule has 1 saturated heterocycles. The van der Waals surface area contributed by atoms with Gasteiger partial charge in [0.1, 0.15) is 0 Å². The van der Waals surface area contributed by atoms with E-state index in [-0.39, 0.29) is 11.4 Å². The molecule has 0 aromatic heterocycles. The lowest BCUT2D eigenvalue weighted by Crippen LogP contribution is -2.46. The first-order valence-electron chi connectivity index (χ1n) is 7.65. The van der Waals surface area contributed by atoms with Crippen LogP contribution in [0.25, 0.3) is 0 Å². The number of halogens is 1. The van der Waals surface area contributed by atoms with E-state index in [1.807, 2.05) is 23.1 Å². The van der Waals surface area contributed by atoms with Crippen LogP contribution in [0.5, 0.6) is 0 Å². The highest BCUT2D eigenvalue weighted by atomic mass is 35.5. The van der Waals surface area contributed by atoms with Gasteiger partial charge >= 0.3 is 6.03 Å². The van der Waals surface area contributed by atoms with Crippen LogP contribution < -0.4 is 11.1 Å². The second kappa shape index (κ2) is 5.85. The molecule has 5 heteroatoms. The summed E-state index contributed by atoms with van der Waals surface area (Å²) in [6, 6.07) is 8.50. The monoisotopic (exact) mass is 307 g/mol. The van der Waals surface area contributed by atoms with Gasteiger partial charge in [-0.2, -0.15) is 0 Å². The number of rotatable bonds is 3. The second-order valence-electron chi connectivity index (χ2n) is 6.15. The summed E-state index contributed by atoms with van der Waals surface area (Å²) < 4.78 is 0. The van der Waals surface area contributed by atoms with E-state index in [1.54, 1.807) is 0 Å². The molecule has 0 radical (unpaired) electrons. The number of hydrogen-bond donors (Lipinski definition) is 2. The zero-order valence-corrected chi connectivity index (χ0v) is 12.9. The summed E-state index contributed by atoms with van der Waals surface area (Å²) >= 11 is 6.13. The lowest BCUT2D eigenvalue weighted by atomic mass is 9.68. The largest absolute Gasteiger partial charge is 0.336 e. The van der Waals surface area contributed by atoms with Crippen LogP contribution in [-0.4, -0.2) is 36.6 Å². The molecule has 1 aromatic carbocycles.